The molecule has 0 spiro atoms. The van der Waals surface area contributed by atoms with Crippen molar-refractivity contribution in [3.05, 3.63) is 12.7 Å². The molecule has 68 valence electrons. The Kier molecular flexibility index (Phi) is 101. The molecule has 0 aliphatic carbocycles. The number of carbonyl (C=O) groups is 1. The summed E-state index contributed by atoms with van der Waals surface area (Å²) in [4.78, 5) is 9.84. The number of esters is 1. The van der Waals surface area contributed by atoms with E-state index in [4.69, 9.17) is 0 Å². The summed E-state index contributed by atoms with van der Waals surface area (Å²) in [6.45, 7) is 3.16. The largest absolute Gasteiger partial charge is 0 e. The van der Waals surface area contributed by atoms with Crippen LogP contribution in [0.1, 0.15) is 0 Å². The molecule has 0 unspecified atom stereocenters. The minimum Gasteiger partial charge on any atom is 0 e. The molecule has 9 heteroatoms. The van der Waals surface area contributed by atoms with E-state index >= 15 is 0 Å². The van der Waals surface area contributed by atoms with Gasteiger partial charge in [0.05, 0.1) is 7.11 Å². The van der Waals surface area contributed by atoms with E-state index in [1.54, 1.807) is 0 Å². The van der Waals surface area contributed by atoms with Gasteiger partial charge in [-0.2, -0.15) is 0 Å². The summed E-state index contributed by atoms with van der Waals surface area (Å²) in [6, 6.07) is 0. The van der Waals surface area contributed by atoms with E-state index < -0.39 is 5.97 Å². The summed E-state index contributed by atoms with van der Waals surface area (Å²) in [5.74, 6) is -0.394. The third-order valence-electron chi connectivity index (χ3n) is 0.368. The van der Waals surface area contributed by atoms with Crippen molar-refractivity contribution in [1.82, 2.24) is 0 Å². The summed E-state index contributed by atoms with van der Waals surface area (Å²) in [6.07, 6.45) is 1.11. The van der Waals surface area contributed by atoms with E-state index in [-0.39, 0.29) is 151 Å². The smallest absolute Gasteiger partial charge is 0 e. The molecule has 0 aromatic carbocycles. The average Bonchev–Trinajstić information content (AvgIpc) is 1.88. The first-order chi connectivity index (χ1) is 4.22. The maximum atomic E-state index is 9.84. The van der Waals surface area contributed by atoms with Crippen LogP contribution in [0, 0.1) is 0 Å². The Hall–Kier alpha value is 6.09. The van der Waals surface area contributed by atoms with Crippen molar-refractivity contribution < 1.29 is 31.2 Å². The maximum absolute atomic E-state index is 9.84. The van der Waals surface area contributed by atoms with Crippen molar-refractivity contribution in [1.29, 1.82) is 0 Å². The van der Waals surface area contributed by atoms with Crippen LogP contribution in [0.4, 0.5) is 0 Å². The van der Waals surface area contributed by atoms with Gasteiger partial charge in [0.25, 0.3) is 0 Å². The van der Waals surface area contributed by atoms with Gasteiger partial charge in [0, 0.05) is 27.8 Å². The molecule has 0 aromatic heterocycles. The molecule has 0 saturated heterocycles. The number of halogens is 2. The third-order valence-corrected chi connectivity index (χ3v) is 0.368. The zero-order valence-electron chi connectivity index (χ0n) is 5.36. The zero-order valence-corrected chi connectivity index (χ0v) is 15.1. The first-order valence-electron chi connectivity index (χ1n) is 1.89. The van der Waals surface area contributed by atoms with Crippen molar-refractivity contribution in [2.24, 2.45) is 0 Å². The second-order valence-electron chi connectivity index (χ2n) is 0.799. The van der Waals surface area contributed by atoms with E-state index in [9.17, 15) is 4.79 Å². The Morgan fingerprint density at radius 1 is 1.38 bits per heavy atom. The number of ether oxygens (including phenoxy) is 1. The minimum absolute atomic E-state index is 0. The maximum Gasteiger partial charge on any atom is 0 e. The van der Waals surface area contributed by atoms with E-state index in [1.807, 2.05) is 0 Å². The average molecular weight is 721 g/mol. The molecule has 0 aliphatic heterocycles. The fraction of sp³-hybridized carbons (Fsp3) is 0.250. The molecule has 0 atom stereocenters. The van der Waals surface area contributed by atoms with Gasteiger partial charge in [-0.1, -0.05) is 6.58 Å². The van der Waals surface area contributed by atoms with Gasteiger partial charge in [0.2, 0.25) is 0 Å². The van der Waals surface area contributed by atoms with Crippen molar-refractivity contribution in [2.75, 3.05) is 7.11 Å². The molecule has 2 radical (unpaired) electrons. The van der Waals surface area contributed by atoms with Crippen molar-refractivity contribution >= 4 is 170 Å². The molecular weight excluding hydrogens is 709 g/mol. The van der Waals surface area contributed by atoms with Crippen LogP contribution in [-0.4, -0.2) is 142 Å². The molecule has 0 saturated carbocycles. The van der Waals surface area contributed by atoms with Crippen LogP contribution < -0.4 is 0 Å². The number of hydrogen-bond acceptors (Lipinski definition) is 2. The summed E-state index contributed by atoms with van der Waals surface area (Å²) in [5.41, 5.74) is 0. The van der Waals surface area contributed by atoms with Crippen LogP contribution in [0.5, 0.6) is 0 Å². The molecule has 2 nitrogen and oxygen atoms in total. The standard InChI is InChI=1S/C4H6O2.3Ca.2HI.Pb.Ti.6H/c1-3-4(5)6-2;;;;;;;;;;;;;/h3H,1H2,2H3;;;;2*1H;;;;;;;;/q;;;;;;+2;;;;;;;/p-2. The van der Waals surface area contributed by atoms with Gasteiger partial charge in [0.1, 0.15) is 0 Å². The fourth-order valence-corrected chi connectivity index (χ4v) is 0.0833. The van der Waals surface area contributed by atoms with Crippen LogP contribution in [0.2, 0.25) is 0 Å². The first kappa shape index (κ1) is 36.5. The second-order valence-corrected chi connectivity index (χ2v) is 28.9. The molecule has 0 rings (SSSR count). The summed E-state index contributed by atoms with van der Waals surface area (Å²) >= 11 is 4.96. The number of carbonyl (C=O) groups excluding carboxylic acids is 1. The molecule has 0 bridgehead atoms. The SMILES string of the molecule is C=CC(=O)OC.[CaH2].[CaH2].[CaH2].[I][Pb][I].[Ti]. The summed E-state index contributed by atoms with van der Waals surface area (Å²) in [7, 11) is 1.31. The Morgan fingerprint density at radius 3 is 1.62 bits per heavy atom. The van der Waals surface area contributed by atoms with E-state index in [1.165, 1.54) is 7.11 Å². The van der Waals surface area contributed by atoms with Crippen LogP contribution in [0.3, 0.4) is 0 Å². The number of rotatable bonds is 1. The second kappa shape index (κ2) is 36.1. The number of methoxy groups -OCH3 is 1. The molecule has 0 aromatic rings. The zero-order chi connectivity index (χ0) is 7.70. The molecule has 0 heterocycles. The van der Waals surface area contributed by atoms with Crippen LogP contribution in [-0.2, 0) is 31.2 Å². The predicted octanol–water partition coefficient (Wildman–Crippen LogP) is -1.02. The quantitative estimate of drug-likeness (QED) is 0.150. The van der Waals surface area contributed by atoms with Gasteiger partial charge in [-0.05, 0) is 0 Å². The molecule has 0 N–H and O–H groups in total. The molecule has 13 heavy (non-hydrogen) atoms. The van der Waals surface area contributed by atoms with E-state index in [0.717, 1.165) is 6.08 Å². The first-order valence-corrected chi connectivity index (χ1v) is 23.8. The Morgan fingerprint density at radius 2 is 1.62 bits per heavy atom. The topological polar surface area (TPSA) is 26.3 Å². The van der Waals surface area contributed by atoms with E-state index in [2.05, 4.69) is 46.8 Å². The Balaban J connectivity index is -0.0000000160. The van der Waals surface area contributed by atoms with Gasteiger partial charge in [-0.15, -0.1) is 0 Å². The Bertz CT molecular complexity index is 101. The summed E-state index contributed by atoms with van der Waals surface area (Å²) < 4.78 is 4.14. The van der Waals surface area contributed by atoms with Crippen LogP contribution in [0.25, 0.3) is 0 Å². The molecule has 0 amide bonds. The normalized spacial score (nSPS) is 4.54. The van der Waals surface area contributed by atoms with Crippen molar-refractivity contribution in [2.45, 2.75) is 0 Å². The van der Waals surface area contributed by atoms with Gasteiger partial charge >= 0.3 is 170 Å². The minimum atomic E-state index is -0.394. The molecular formula is C4H12Ca3I2O2PbTi. The third kappa shape index (κ3) is 46.0. The predicted molar refractivity (Wildman–Crippen MR) is 81.6 cm³/mol. The fourth-order valence-electron chi connectivity index (χ4n) is 0.0833. The van der Waals surface area contributed by atoms with Gasteiger partial charge in [-0.3, -0.25) is 0 Å². The number of hydrogen-bond donors (Lipinski definition) is 0. The van der Waals surface area contributed by atoms with Gasteiger partial charge in [-0.25, -0.2) is 4.79 Å². The Labute approximate surface area is 214 Å². The van der Waals surface area contributed by atoms with Gasteiger partial charge < -0.3 is 4.74 Å². The monoisotopic (exact) mass is 722 g/mol. The van der Waals surface area contributed by atoms with E-state index in [0.29, 0.717) is 0 Å². The molecule has 0 aliphatic rings. The van der Waals surface area contributed by atoms with Crippen LogP contribution in [0.15, 0.2) is 12.7 Å². The van der Waals surface area contributed by atoms with Crippen molar-refractivity contribution in [3.63, 3.8) is 0 Å². The molecule has 0 fully saturated rings. The van der Waals surface area contributed by atoms with Gasteiger partial charge in [0.15, 0.2) is 0 Å². The van der Waals surface area contributed by atoms with Crippen LogP contribution >= 0.6 is 35.5 Å². The van der Waals surface area contributed by atoms with Crippen molar-refractivity contribution in [3.8, 4) is 0 Å². The summed E-state index contributed by atoms with van der Waals surface area (Å²) in [5, 5.41) is 0.